The van der Waals surface area contributed by atoms with Gasteiger partial charge in [0, 0.05) is 35.7 Å². The molecule has 1 aromatic carbocycles. The molecule has 1 aromatic heterocycles. The highest BCUT2D eigenvalue weighted by molar-refractivity contribution is 6.34. The first-order valence-corrected chi connectivity index (χ1v) is 10.5. The number of aryl methyl sites for hydroxylation is 1. The molecule has 0 aliphatic carbocycles. The van der Waals surface area contributed by atoms with Gasteiger partial charge in [-0.1, -0.05) is 0 Å². The molecule has 4 N–H and O–H groups in total. The lowest BCUT2D eigenvalue weighted by atomic mass is 10.0. The molecule has 0 radical (unpaired) electrons. The van der Waals surface area contributed by atoms with Crippen LogP contribution in [-0.2, 0) is 9.59 Å². The van der Waals surface area contributed by atoms with Gasteiger partial charge in [-0.3, -0.25) is 14.4 Å². The molecular weight excluding hydrogens is 415 g/mol. The number of H-pyrrole nitrogens is 1. The van der Waals surface area contributed by atoms with E-state index in [0.717, 1.165) is 12.8 Å². The predicted molar refractivity (Wildman–Crippen MR) is 117 cm³/mol. The number of rotatable bonds is 5. The van der Waals surface area contributed by atoms with Crippen molar-refractivity contribution in [3.63, 3.8) is 0 Å². The van der Waals surface area contributed by atoms with E-state index in [1.165, 1.54) is 18.2 Å². The number of benzene rings is 1. The second-order valence-electron chi connectivity index (χ2n) is 8.12. The molecule has 2 aliphatic heterocycles. The van der Waals surface area contributed by atoms with Crippen molar-refractivity contribution in [1.82, 2.24) is 15.2 Å². The van der Waals surface area contributed by atoms with Crippen LogP contribution in [0.25, 0.3) is 11.6 Å². The minimum atomic E-state index is -1.30. The van der Waals surface area contributed by atoms with Gasteiger partial charge in [0.25, 0.3) is 17.7 Å². The summed E-state index contributed by atoms with van der Waals surface area (Å²) >= 11 is 0. The van der Waals surface area contributed by atoms with Crippen LogP contribution in [0.3, 0.4) is 0 Å². The average molecular weight is 440 g/mol. The molecular formula is C23H25FN4O4. The van der Waals surface area contributed by atoms with Crippen molar-refractivity contribution in [2.75, 3.05) is 25.0 Å². The number of aliphatic hydroxyl groups excluding tert-OH is 1. The fraction of sp³-hybridized carbons (Fsp3) is 0.348. The molecule has 1 unspecified atom stereocenters. The first-order chi connectivity index (χ1) is 15.3. The Morgan fingerprint density at radius 3 is 2.72 bits per heavy atom. The van der Waals surface area contributed by atoms with Gasteiger partial charge in [-0.05, 0) is 56.5 Å². The van der Waals surface area contributed by atoms with Crippen molar-refractivity contribution in [3.05, 3.63) is 52.1 Å². The van der Waals surface area contributed by atoms with E-state index in [0.29, 0.717) is 52.4 Å². The molecule has 1 fully saturated rings. The van der Waals surface area contributed by atoms with Gasteiger partial charge in [-0.15, -0.1) is 0 Å². The highest BCUT2D eigenvalue weighted by Crippen LogP contribution is 2.34. The quantitative estimate of drug-likeness (QED) is 0.532. The van der Waals surface area contributed by atoms with Crippen molar-refractivity contribution in [2.45, 2.75) is 32.8 Å². The van der Waals surface area contributed by atoms with Gasteiger partial charge >= 0.3 is 0 Å². The summed E-state index contributed by atoms with van der Waals surface area (Å²) in [6.07, 6.45) is 2.12. The van der Waals surface area contributed by atoms with Gasteiger partial charge in [0.15, 0.2) is 0 Å². The second kappa shape index (κ2) is 8.58. The smallest absolute Gasteiger partial charge is 0.256 e. The number of carbonyl (C=O) groups is 3. The van der Waals surface area contributed by atoms with E-state index in [2.05, 4.69) is 15.6 Å². The van der Waals surface area contributed by atoms with E-state index in [1.807, 2.05) is 0 Å². The number of anilines is 1. The molecule has 32 heavy (non-hydrogen) atoms. The van der Waals surface area contributed by atoms with Crippen LogP contribution >= 0.6 is 0 Å². The van der Waals surface area contributed by atoms with E-state index in [4.69, 9.17) is 0 Å². The molecule has 0 bridgehead atoms. The van der Waals surface area contributed by atoms with Crippen molar-refractivity contribution >= 4 is 35.1 Å². The normalized spacial score (nSPS) is 17.4. The minimum Gasteiger partial charge on any atom is -0.381 e. The third-order valence-corrected chi connectivity index (χ3v) is 5.92. The molecule has 2 aromatic rings. The topological polar surface area (TPSA) is 115 Å². The fourth-order valence-corrected chi connectivity index (χ4v) is 4.22. The Morgan fingerprint density at radius 1 is 1.28 bits per heavy atom. The Bertz CT molecular complexity index is 1130. The maximum Gasteiger partial charge on any atom is 0.256 e. The third kappa shape index (κ3) is 4.03. The number of amides is 3. The number of aromatic amines is 1. The van der Waals surface area contributed by atoms with Crippen LogP contribution in [0.5, 0.6) is 0 Å². The SMILES string of the molecule is Cc1[nH]c(C=C2C(=O)Nc3ccc(F)cc32)c(C)c1C(=O)NCC(O)C(=O)N1CCCC1. The van der Waals surface area contributed by atoms with Gasteiger partial charge in [-0.2, -0.15) is 0 Å². The molecule has 9 heteroatoms. The lowest BCUT2D eigenvalue weighted by Gasteiger charge is -2.19. The number of nitrogens with one attached hydrogen (secondary N) is 3. The summed E-state index contributed by atoms with van der Waals surface area (Å²) in [5.74, 6) is -1.62. The number of fused-ring (bicyclic) bond motifs is 1. The van der Waals surface area contributed by atoms with Crippen LogP contribution in [0.15, 0.2) is 18.2 Å². The number of hydrogen-bond acceptors (Lipinski definition) is 4. The molecule has 4 rings (SSSR count). The Balaban J connectivity index is 1.52. The summed E-state index contributed by atoms with van der Waals surface area (Å²) in [7, 11) is 0. The largest absolute Gasteiger partial charge is 0.381 e. The number of nitrogens with zero attached hydrogens (tertiary/aromatic N) is 1. The number of halogens is 1. The van der Waals surface area contributed by atoms with Gasteiger partial charge in [0.1, 0.15) is 11.9 Å². The summed E-state index contributed by atoms with van der Waals surface area (Å²) < 4.78 is 13.7. The van der Waals surface area contributed by atoms with E-state index in [-0.39, 0.29) is 18.4 Å². The zero-order chi connectivity index (χ0) is 23.0. The molecule has 1 atom stereocenters. The molecule has 8 nitrogen and oxygen atoms in total. The number of aromatic nitrogens is 1. The van der Waals surface area contributed by atoms with E-state index in [1.54, 1.807) is 24.8 Å². The molecule has 0 spiro atoms. The molecule has 2 aliphatic rings. The zero-order valence-corrected chi connectivity index (χ0v) is 17.9. The first kappa shape index (κ1) is 21.8. The van der Waals surface area contributed by atoms with E-state index < -0.39 is 17.8 Å². The monoisotopic (exact) mass is 440 g/mol. The van der Waals surface area contributed by atoms with Gasteiger partial charge < -0.3 is 25.6 Å². The number of carbonyl (C=O) groups excluding carboxylic acids is 3. The molecule has 3 heterocycles. The summed E-state index contributed by atoms with van der Waals surface area (Å²) in [4.78, 5) is 42.1. The van der Waals surface area contributed by atoms with Crippen molar-refractivity contribution < 1.29 is 23.9 Å². The Morgan fingerprint density at radius 2 is 2.00 bits per heavy atom. The van der Waals surface area contributed by atoms with Crippen LogP contribution in [0.2, 0.25) is 0 Å². The zero-order valence-electron chi connectivity index (χ0n) is 17.9. The van der Waals surface area contributed by atoms with Crippen molar-refractivity contribution in [3.8, 4) is 0 Å². The van der Waals surface area contributed by atoms with Gasteiger partial charge in [0.05, 0.1) is 17.7 Å². The van der Waals surface area contributed by atoms with Crippen LogP contribution in [0.4, 0.5) is 10.1 Å². The van der Waals surface area contributed by atoms with Crippen LogP contribution in [0, 0.1) is 19.7 Å². The number of likely N-dealkylation sites (tertiary alicyclic amines) is 1. The van der Waals surface area contributed by atoms with Crippen molar-refractivity contribution in [2.24, 2.45) is 0 Å². The minimum absolute atomic E-state index is 0.191. The highest BCUT2D eigenvalue weighted by atomic mass is 19.1. The third-order valence-electron chi connectivity index (χ3n) is 5.92. The maximum absolute atomic E-state index is 13.7. The first-order valence-electron chi connectivity index (χ1n) is 10.5. The van der Waals surface area contributed by atoms with Gasteiger partial charge in [0.2, 0.25) is 0 Å². The van der Waals surface area contributed by atoms with Gasteiger partial charge in [-0.25, -0.2) is 4.39 Å². The summed E-state index contributed by atoms with van der Waals surface area (Å²) in [6, 6.07) is 4.07. The lowest BCUT2D eigenvalue weighted by molar-refractivity contribution is -0.138. The molecule has 3 amide bonds. The highest BCUT2D eigenvalue weighted by Gasteiger charge is 2.28. The predicted octanol–water partition coefficient (Wildman–Crippen LogP) is 1.98. The molecule has 0 saturated carbocycles. The summed E-state index contributed by atoms with van der Waals surface area (Å²) in [5, 5.41) is 15.5. The Hall–Kier alpha value is -3.46. The Kier molecular flexibility index (Phi) is 5.84. The van der Waals surface area contributed by atoms with Crippen LogP contribution in [-0.4, -0.2) is 58.5 Å². The van der Waals surface area contributed by atoms with Crippen LogP contribution in [0.1, 0.15) is 45.7 Å². The molecule has 168 valence electrons. The van der Waals surface area contributed by atoms with Crippen LogP contribution < -0.4 is 10.6 Å². The number of aliphatic hydroxyl groups is 1. The summed E-state index contributed by atoms with van der Waals surface area (Å²) in [5.41, 5.74) is 3.37. The fourth-order valence-electron chi connectivity index (χ4n) is 4.22. The van der Waals surface area contributed by atoms with Crippen molar-refractivity contribution in [1.29, 1.82) is 0 Å². The lowest BCUT2D eigenvalue weighted by Crippen LogP contribution is -2.44. The van der Waals surface area contributed by atoms with E-state index in [9.17, 15) is 23.9 Å². The average Bonchev–Trinajstić information content (AvgIpc) is 3.46. The number of hydrogen-bond donors (Lipinski definition) is 4. The maximum atomic E-state index is 13.7. The Labute approximate surface area is 184 Å². The second-order valence-corrected chi connectivity index (χ2v) is 8.12. The standard InChI is InChI=1S/C23H25FN4O4/c1-12-18(10-16-15-9-14(24)5-6-17(15)27-21(16)30)26-13(2)20(12)22(31)25-11-19(29)23(32)28-7-3-4-8-28/h5-6,9-10,19,26,29H,3-4,7-8,11H2,1-2H3,(H,25,31)(H,27,30). The van der Waals surface area contributed by atoms with E-state index >= 15 is 0 Å². The summed E-state index contributed by atoms with van der Waals surface area (Å²) in [6.45, 7) is 4.51. The molecule has 1 saturated heterocycles.